The molecular weight excluding hydrogens is 316 g/mol. The number of hydrogen-bond acceptors (Lipinski definition) is 4. The molecule has 3 aromatic rings. The second kappa shape index (κ2) is 6.93. The molecule has 1 aromatic carbocycles. The Morgan fingerprint density at radius 1 is 1.16 bits per heavy atom. The standard InChI is InChI=1S/C19H22N4O2/c1-12-5-6-15(9-13(12)2)18-11-17(21-23(18)4)19(24)20-8-7-16-10-14(3)25-22-16/h5-6,9-11H,7-8H2,1-4H3,(H,20,24). The number of carbonyl (C=O) groups excluding carboxylic acids is 1. The summed E-state index contributed by atoms with van der Waals surface area (Å²) in [7, 11) is 1.85. The summed E-state index contributed by atoms with van der Waals surface area (Å²) in [5.74, 6) is 0.579. The molecule has 0 aliphatic heterocycles. The van der Waals surface area contributed by atoms with E-state index in [1.165, 1.54) is 11.1 Å². The van der Waals surface area contributed by atoms with E-state index in [1.807, 2.05) is 32.2 Å². The zero-order valence-electron chi connectivity index (χ0n) is 15.0. The van der Waals surface area contributed by atoms with Crippen molar-refractivity contribution in [3.8, 4) is 11.3 Å². The average molecular weight is 338 g/mol. The zero-order chi connectivity index (χ0) is 18.0. The van der Waals surface area contributed by atoms with Crippen molar-refractivity contribution in [1.29, 1.82) is 0 Å². The van der Waals surface area contributed by atoms with Crippen molar-refractivity contribution in [2.24, 2.45) is 7.05 Å². The molecule has 3 rings (SSSR count). The molecule has 1 N–H and O–H groups in total. The van der Waals surface area contributed by atoms with E-state index >= 15 is 0 Å². The van der Waals surface area contributed by atoms with Crippen molar-refractivity contribution in [2.45, 2.75) is 27.2 Å². The average Bonchev–Trinajstić information content (AvgIpc) is 3.16. The minimum atomic E-state index is -0.189. The van der Waals surface area contributed by atoms with Gasteiger partial charge in [-0.3, -0.25) is 9.48 Å². The van der Waals surface area contributed by atoms with E-state index in [0.29, 0.717) is 18.7 Å². The Hall–Kier alpha value is -2.89. The fourth-order valence-corrected chi connectivity index (χ4v) is 2.68. The molecule has 0 aliphatic carbocycles. The quantitative estimate of drug-likeness (QED) is 0.776. The predicted molar refractivity (Wildman–Crippen MR) is 95.4 cm³/mol. The maximum Gasteiger partial charge on any atom is 0.271 e. The van der Waals surface area contributed by atoms with Gasteiger partial charge in [0.15, 0.2) is 5.69 Å². The highest BCUT2D eigenvalue weighted by Gasteiger charge is 2.14. The molecule has 130 valence electrons. The molecule has 2 aromatic heterocycles. The third kappa shape index (κ3) is 3.79. The Labute approximate surface area is 146 Å². The van der Waals surface area contributed by atoms with Gasteiger partial charge in [-0.05, 0) is 44.0 Å². The maximum absolute atomic E-state index is 12.3. The zero-order valence-corrected chi connectivity index (χ0v) is 15.0. The lowest BCUT2D eigenvalue weighted by Gasteiger charge is -2.05. The van der Waals surface area contributed by atoms with Crippen molar-refractivity contribution in [2.75, 3.05) is 6.54 Å². The van der Waals surface area contributed by atoms with Crippen molar-refractivity contribution in [3.63, 3.8) is 0 Å². The van der Waals surface area contributed by atoms with Gasteiger partial charge in [0.1, 0.15) is 5.76 Å². The maximum atomic E-state index is 12.3. The molecule has 25 heavy (non-hydrogen) atoms. The van der Waals surface area contributed by atoms with E-state index in [0.717, 1.165) is 22.7 Å². The van der Waals surface area contributed by atoms with Crippen molar-refractivity contribution in [3.05, 3.63) is 58.6 Å². The molecule has 0 unspecified atom stereocenters. The summed E-state index contributed by atoms with van der Waals surface area (Å²) in [6, 6.07) is 9.93. The number of amides is 1. The third-order valence-corrected chi connectivity index (χ3v) is 4.26. The van der Waals surface area contributed by atoms with Crippen molar-refractivity contribution in [1.82, 2.24) is 20.3 Å². The lowest BCUT2D eigenvalue weighted by molar-refractivity contribution is 0.0948. The smallest absolute Gasteiger partial charge is 0.271 e. The third-order valence-electron chi connectivity index (χ3n) is 4.26. The van der Waals surface area contributed by atoms with Crippen LogP contribution in [0.4, 0.5) is 0 Å². The lowest BCUT2D eigenvalue weighted by Crippen LogP contribution is -2.26. The van der Waals surface area contributed by atoms with Gasteiger partial charge in [0, 0.05) is 31.6 Å². The van der Waals surface area contributed by atoms with Crippen molar-refractivity contribution < 1.29 is 9.32 Å². The molecule has 0 fully saturated rings. The molecule has 0 saturated heterocycles. The Bertz CT molecular complexity index is 908. The van der Waals surface area contributed by atoms with Gasteiger partial charge in [0.05, 0.1) is 11.4 Å². The van der Waals surface area contributed by atoms with Crippen LogP contribution < -0.4 is 5.32 Å². The summed E-state index contributed by atoms with van der Waals surface area (Å²) in [4.78, 5) is 12.3. The molecule has 0 spiro atoms. The van der Waals surface area contributed by atoms with E-state index < -0.39 is 0 Å². The largest absolute Gasteiger partial charge is 0.361 e. The first-order valence-corrected chi connectivity index (χ1v) is 8.26. The first-order chi connectivity index (χ1) is 11.9. The van der Waals surface area contributed by atoms with Crippen LogP contribution in [0.15, 0.2) is 34.9 Å². The van der Waals surface area contributed by atoms with E-state index in [4.69, 9.17) is 4.52 Å². The Kier molecular flexibility index (Phi) is 4.70. The van der Waals surface area contributed by atoms with E-state index in [2.05, 4.69) is 41.6 Å². The summed E-state index contributed by atoms with van der Waals surface area (Å²) in [5, 5.41) is 11.1. The molecule has 6 nitrogen and oxygen atoms in total. The number of aryl methyl sites for hydroxylation is 4. The van der Waals surface area contributed by atoms with E-state index in [-0.39, 0.29) is 5.91 Å². The van der Waals surface area contributed by atoms with Gasteiger partial charge in [-0.2, -0.15) is 5.10 Å². The van der Waals surface area contributed by atoms with Crippen LogP contribution in [0.25, 0.3) is 11.3 Å². The van der Waals surface area contributed by atoms with Crippen LogP contribution in [-0.4, -0.2) is 27.4 Å². The fraction of sp³-hybridized carbons (Fsp3) is 0.316. The van der Waals surface area contributed by atoms with Gasteiger partial charge in [-0.15, -0.1) is 0 Å². The normalized spacial score (nSPS) is 10.9. The summed E-state index contributed by atoms with van der Waals surface area (Å²) in [6.07, 6.45) is 0.625. The summed E-state index contributed by atoms with van der Waals surface area (Å²) >= 11 is 0. The Balaban J connectivity index is 1.68. The molecule has 0 atom stereocenters. The van der Waals surface area contributed by atoms with Crippen LogP contribution in [0.2, 0.25) is 0 Å². The topological polar surface area (TPSA) is 73.0 Å². The minimum absolute atomic E-state index is 0.189. The number of nitrogens with one attached hydrogen (secondary N) is 1. The van der Waals surface area contributed by atoms with Gasteiger partial charge in [0.2, 0.25) is 0 Å². The Morgan fingerprint density at radius 2 is 1.96 bits per heavy atom. The monoisotopic (exact) mass is 338 g/mol. The van der Waals surface area contributed by atoms with Gasteiger partial charge in [-0.1, -0.05) is 17.3 Å². The van der Waals surface area contributed by atoms with Crippen LogP contribution in [-0.2, 0) is 13.5 Å². The molecule has 2 heterocycles. The highest BCUT2D eigenvalue weighted by Crippen LogP contribution is 2.22. The van der Waals surface area contributed by atoms with Crippen LogP contribution in [0.1, 0.15) is 33.1 Å². The fourth-order valence-electron chi connectivity index (χ4n) is 2.68. The lowest BCUT2D eigenvalue weighted by atomic mass is 10.0. The molecule has 0 aliphatic rings. The predicted octanol–water partition coefficient (Wildman–Crippen LogP) is 2.97. The van der Waals surface area contributed by atoms with E-state index in [9.17, 15) is 4.79 Å². The van der Waals surface area contributed by atoms with Crippen LogP contribution in [0.3, 0.4) is 0 Å². The summed E-state index contributed by atoms with van der Waals surface area (Å²) < 4.78 is 6.75. The van der Waals surface area contributed by atoms with E-state index in [1.54, 1.807) is 4.68 Å². The first-order valence-electron chi connectivity index (χ1n) is 8.26. The summed E-state index contributed by atoms with van der Waals surface area (Å²) in [6.45, 7) is 6.49. The second-order valence-corrected chi connectivity index (χ2v) is 6.27. The van der Waals surface area contributed by atoms with Crippen LogP contribution in [0.5, 0.6) is 0 Å². The number of carbonyl (C=O) groups is 1. The first kappa shape index (κ1) is 17.0. The minimum Gasteiger partial charge on any atom is -0.361 e. The number of aromatic nitrogens is 3. The van der Waals surface area contributed by atoms with Crippen LogP contribution in [0, 0.1) is 20.8 Å². The van der Waals surface area contributed by atoms with Gasteiger partial charge in [-0.25, -0.2) is 0 Å². The number of benzene rings is 1. The van der Waals surface area contributed by atoms with Crippen molar-refractivity contribution >= 4 is 5.91 Å². The second-order valence-electron chi connectivity index (χ2n) is 6.27. The molecule has 6 heteroatoms. The highest BCUT2D eigenvalue weighted by molar-refractivity contribution is 5.93. The number of hydrogen-bond donors (Lipinski definition) is 1. The molecular formula is C19H22N4O2. The van der Waals surface area contributed by atoms with Gasteiger partial charge >= 0.3 is 0 Å². The highest BCUT2D eigenvalue weighted by atomic mass is 16.5. The van der Waals surface area contributed by atoms with Crippen LogP contribution >= 0.6 is 0 Å². The van der Waals surface area contributed by atoms with Gasteiger partial charge in [0.25, 0.3) is 5.91 Å². The number of rotatable bonds is 5. The van der Waals surface area contributed by atoms with Gasteiger partial charge < -0.3 is 9.84 Å². The summed E-state index contributed by atoms with van der Waals surface area (Å²) in [5.41, 5.74) is 5.66. The molecule has 1 amide bonds. The SMILES string of the molecule is Cc1cc(CCNC(=O)c2cc(-c3ccc(C)c(C)c3)n(C)n2)no1. The molecule has 0 bridgehead atoms. The molecule has 0 saturated carbocycles. The molecule has 0 radical (unpaired) electrons. The Morgan fingerprint density at radius 3 is 2.64 bits per heavy atom. The number of nitrogens with zero attached hydrogens (tertiary/aromatic N) is 3.